The smallest absolute Gasteiger partial charge is 0.225 e. The van der Waals surface area contributed by atoms with Crippen LogP contribution in [0.4, 0.5) is 0 Å². The van der Waals surface area contributed by atoms with Gasteiger partial charge in [0.05, 0.1) is 11.8 Å². The fourth-order valence-electron chi connectivity index (χ4n) is 7.83. The molecule has 1 aromatic heterocycles. The first-order valence-corrected chi connectivity index (χ1v) is 17.6. The molecule has 2 amide bonds. The summed E-state index contributed by atoms with van der Waals surface area (Å²) in [7, 11) is 0. The van der Waals surface area contributed by atoms with Crippen LogP contribution in [0.1, 0.15) is 86.1 Å². The van der Waals surface area contributed by atoms with Crippen molar-refractivity contribution in [3.63, 3.8) is 0 Å². The summed E-state index contributed by atoms with van der Waals surface area (Å²) in [6.45, 7) is 3.05. The number of amides is 2. The van der Waals surface area contributed by atoms with E-state index in [0.29, 0.717) is 18.3 Å². The molecule has 0 bridgehead atoms. The first-order valence-electron chi connectivity index (χ1n) is 15.6. The molecule has 2 saturated heterocycles. The molecule has 4 aliphatic rings. The van der Waals surface area contributed by atoms with Gasteiger partial charge >= 0.3 is 0 Å². The predicted octanol–water partition coefficient (Wildman–Crippen LogP) is 6.91. The number of halogens is 3. The Balaban J connectivity index is 1.07. The van der Waals surface area contributed by atoms with E-state index >= 15 is 0 Å². The van der Waals surface area contributed by atoms with Crippen LogP contribution in [-0.4, -0.2) is 64.0 Å². The number of carbonyl (C=O) groups is 2. The molecule has 226 valence electrons. The first-order chi connectivity index (χ1) is 20.3. The van der Waals surface area contributed by atoms with Crippen molar-refractivity contribution < 1.29 is 14.7 Å². The summed E-state index contributed by atoms with van der Waals surface area (Å²) in [4.78, 5) is 35.4. The lowest BCUT2D eigenvalue weighted by molar-refractivity contribution is -0.139. The SMILES string of the molecule is O=C(CC1CCN(C(=O)C2CCC(O)CC2)CC1)N1CCC([C@H]2c3ncc(Br)cc3CCc3cc(Cl)cc(Br)c32)CC1. The van der Waals surface area contributed by atoms with E-state index in [4.69, 9.17) is 16.6 Å². The second-order valence-electron chi connectivity index (χ2n) is 12.8. The summed E-state index contributed by atoms with van der Waals surface area (Å²) in [5.74, 6) is 1.49. The second kappa shape index (κ2) is 13.3. The van der Waals surface area contributed by atoms with Gasteiger partial charge < -0.3 is 14.9 Å². The van der Waals surface area contributed by atoms with E-state index in [-0.39, 0.29) is 29.8 Å². The van der Waals surface area contributed by atoms with Gasteiger partial charge in [-0.3, -0.25) is 14.6 Å². The molecule has 0 unspecified atom stereocenters. The lowest BCUT2D eigenvalue weighted by Crippen LogP contribution is -2.44. The zero-order chi connectivity index (χ0) is 29.4. The normalized spacial score (nSPS) is 25.5. The maximum atomic E-state index is 13.4. The number of hydrogen-bond acceptors (Lipinski definition) is 4. The van der Waals surface area contributed by atoms with Gasteiger partial charge in [-0.2, -0.15) is 0 Å². The lowest BCUT2D eigenvalue weighted by Gasteiger charge is -2.38. The third-order valence-electron chi connectivity index (χ3n) is 10.2. The third-order valence-corrected chi connectivity index (χ3v) is 11.5. The maximum Gasteiger partial charge on any atom is 0.225 e. The van der Waals surface area contributed by atoms with E-state index in [1.165, 1.54) is 16.7 Å². The largest absolute Gasteiger partial charge is 0.393 e. The molecule has 1 atom stereocenters. The number of aliphatic hydroxyl groups excluding tert-OH is 1. The zero-order valence-electron chi connectivity index (χ0n) is 24.0. The van der Waals surface area contributed by atoms with Gasteiger partial charge in [-0.05, 0) is 127 Å². The molecule has 2 aliphatic carbocycles. The minimum atomic E-state index is -0.241. The van der Waals surface area contributed by atoms with Crippen molar-refractivity contribution in [1.82, 2.24) is 14.8 Å². The molecule has 6 rings (SSSR count). The van der Waals surface area contributed by atoms with E-state index in [9.17, 15) is 14.7 Å². The molecule has 9 heteroatoms. The summed E-state index contributed by atoms with van der Waals surface area (Å²) < 4.78 is 2.06. The monoisotopic (exact) mass is 719 g/mol. The van der Waals surface area contributed by atoms with E-state index < -0.39 is 0 Å². The Hall–Kier alpha value is -1.48. The van der Waals surface area contributed by atoms with E-state index in [2.05, 4.69) is 48.9 Å². The Morgan fingerprint density at radius 1 is 0.881 bits per heavy atom. The lowest BCUT2D eigenvalue weighted by atomic mass is 9.76. The summed E-state index contributed by atoms with van der Waals surface area (Å²) >= 11 is 13.9. The molecule has 3 heterocycles. The van der Waals surface area contributed by atoms with Crippen LogP contribution < -0.4 is 0 Å². The van der Waals surface area contributed by atoms with Gasteiger partial charge in [0.2, 0.25) is 11.8 Å². The fourth-order valence-corrected chi connectivity index (χ4v) is 9.33. The van der Waals surface area contributed by atoms with Gasteiger partial charge in [-0.25, -0.2) is 0 Å². The molecule has 1 aromatic carbocycles. The van der Waals surface area contributed by atoms with Crippen LogP contribution >= 0.6 is 43.5 Å². The van der Waals surface area contributed by atoms with Crippen LogP contribution in [0.5, 0.6) is 0 Å². The molecule has 3 fully saturated rings. The number of aromatic nitrogens is 1. The van der Waals surface area contributed by atoms with Crippen molar-refractivity contribution >= 4 is 55.3 Å². The number of aryl methyl sites for hydroxylation is 2. The highest BCUT2D eigenvalue weighted by Crippen LogP contribution is 2.46. The standard InChI is InChI=1S/C33H40Br2ClN3O3/c34-25-16-24-2-1-23-17-26(36)18-28(35)30(23)31(32(24)37-19-25)21-9-13-38(14-10-21)29(41)15-20-7-11-39(12-8-20)33(42)22-3-5-27(40)6-4-22/h16-22,27,31,40H,1-15H2/t22?,27?,31-/m1/s1. The van der Waals surface area contributed by atoms with Gasteiger partial charge in [0.1, 0.15) is 0 Å². The van der Waals surface area contributed by atoms with Crippen molar-refractivity contribution in [2.45, 2.75) is 82.7 Å². The number of carbonyl (C=O) groups excluding carboxylic acids is 2. The summed E-state index contributed by atoms with van der Waals surface area (Å²) in [6.07, 6.45) is 10.9. The van der Waals surface area contributed by atoms with E-state index in [0.717, 1.165) is 110 Å². The van der Waals surface area contributed by atoms with Crippen molar-refractivity contribution in [3.05, 3.63) is 60.7 Å². The zero-order valence-corrected chi connectivity index (χ0v) is 28.0. The van der Waals surface area contributed by atoms with Gasteiger partial charge in [-0.1, -0.05) is 27.5 Å². The Kier molecular flexibility index (Phi) is 9.64. The molecular formula is C33H40Br2ClN3O3. The summed E-state index contributed by atoms with van der Waals surface area (Å²) in [5, 5.41) is 10.5. The first kappa shape index (κ1) is 30.5. The fraction of sp³-hybridized carbons (Fsp3) is 0.606. The number of aliphatic hydroxyl groups is 1. The minimum absolute atomic E-state index is 0.0644. The summed E-state index contributed by atoms with van der Waals surface area (Å²) in [5.41, 5.74) is 5.05. The highest BCUT2D eigenvalue weighted by molar-refractivity contribution is 9.10. The number of benzene rings is 1. The molecule has 1 N–H and O–H groups in total. The number of rotatable bonds is 4. The Morgan fingerprint density at radius 2 is 1.55 bits per heavy atom. The topological polar surface area (TPSA) is 73.7 Å². The average Bonchev–Trinajstić information content (AvgIpc) is 3.14. The van der Waals surface area contributed by atoms with Gasteiger partial charge in [0.25, 0.3) is 0 Å². The van der Waals surface area contributed by atoms with Crippen molar-refractivity contribution in [3.8, 4) is 0 Å². The molecule has 2 aromatic rings. The molecule has 2 aliphatic heterocycles. The second-order valence-corrected chi connectivity index (χ2v) is 15.0. The number of hydrogen-bond donors (Lipinski definition) is 1. The van der Waals surface area contributed by atoms with Crippen LogP contribution in [0.25, 0.3) is 0 Å². The van der Waals surface area contributed by atoms with Gasteiger partial charge in [-0.15, -0.1) is 0 Å². The van der Waals surface area contributed by atoms with Crippen molar-refractivity contribution in [1.29, 1.82) is 0 Å². The number of piperidine rings is 2. The number of pyridine rings is 1. The average molecular weight is 722 g/mol. The van der Waals surface area contributed by atoms with Crippen LogP contribution in [-0.2, 0) is 22.4 Å². The van der Waals surface area contributed by atoms with Crippen LogP contribution in [0, 0.1) is 17.8 Å². The Bertz CT molecular complexity index is 1320. The molecule has 0 spiro atoms. The van der Waals surface area contributed by atoms with Crippen molar-refractivity contribution in [2.75, 3.05) is 26.2 Å². The number of likely N-dealkylation sites (tertiary alicyclic amines) is 2. The summed E-state index contributed by atoms with van der Waals surface area (Å²) in [6, 6.07) is 6.34. The minimum Gasteiger partial charge on any atom is -0.393 e. The van der Waals surface area contributed by atoms with E-state index in [1.54, 1.807) is 0 Å². The van der Waals surface area contributed by atoms with Gasteiger partial charge in [0, 0.05) is 64.6 Å². The Labute approximate surface area is 270 Å². The van der Waals surface area contributed by atoms with Crippen LogP contribution in [0.15, 0.2) is 33.3 Å². The van der Waals surface area contributed by atoms with Crippen LogP contribution in [0.2, 0.25) is 5.02 Å². The Morgan fingerprint density at radius 3 is 2.26 bits per heavy atom. The van der Waals surface area contributed by atoms with Crippen molar-refractivity contribution in [2.24, 2.45) is 17.8 Å². The third kappa shape index (κ3) is 6.62. The molecule has 6 nitrogen and oxygen atoms in total. The maximum absolute atomic E-state index is 13.4. The highest BCUT2D eigenvalue weighted by atomic mass is 79.9. The van der Waals surface area contributed by atoms with Crippen LogP contribution in [0.3, 0.4) is 0 Å². The highest BCUT2D eigenvalue weighted by Gasteiger charge is 2.37. The van der Waals surface area contributed by atoms with E-state index in [1.807, 2.05) is 17.2 Å². The molecule has 42 heavy (non-hydrogen) atoms. The molecular weight excluding hydrogens is 682 g/mol. The molecule has 1 saturated carbocycles. The number of fused-ring (bicyclic) bond motifs is 2. The van der Waals surface area contributed by atoms with Gasteiger partial charge in [0.15, 0.2) is 0 Å². The quantitative estimate of drug-likeness (QED) is 0.373. The molecule has 0 radical (unpaired) electrons. The predicted molar refractivity (Wildman–Crippen MR) is 172 cm³/mol. The number of nitrogens with zero attached hydrogens (tertiary/aromatic N) is 3.